The highest BCUT2D eigenvalue weighted by molar-refractivity contribution is 5.87. The number of alkyl halides is 6. The third-order valence-electron chi connectivity index (χ3n) is 4.47. The zero-order valence-corrected chi connectivity index (χ0v) is 20.1. The molecule has 0 aliphatic heterocycles. The number of halogens is 6. The van der Waals surface area contributed by atoms with Crippen molar-refractivity contribution in [1.29, 1.82) is 0 Å². The number of carbonyl (C=O) groups is 2. The molecule has 12 heteroatoms. The van der Waals surface area contributed by atoms with Crippen molar-refractivity contribution in [2.24, 2.45) is 0 Å². The van der Waals surface area contributed by atoms with Crippen molar-refractivity contribution < 1.29 is 49.8 Å². The third-order valence-corrected chi connectivity index (χ3v) is 4.47. The van der Waals surface area contributed by atoms with Crippen LogP contribution in [0.3, 0.4) is 0 Å². The van der Waals surface area contributed by atoms with E-state index in [1.165, 1.54) is 19.1 Å². The third kappa shape index (κ3) is 8.35. The van der Waals surface area contributed by atoms with Gasteiger partial charge >= 0.3 is 24.4 Å². The van der Waals surface area contributed by atoms with Crippen LogP contribution in [0.2, 0.25) is 0 Å². The summed E-state index contributed by atoms with van der Waals surface area (Å²) in [6, 6.07) is 3.45. The van der Waals surface area contributed by atoms with Crippen molar-refractivity contribution in [2.75, 3.05) is 18.1 Å². The van der Waals surface area contributed by atoms with Gasteiger partial charge in [-0.25, -0.2) is 9.69 Å². The van der Waals surface area contributed by atoms with Gasteiger partial charge in [-0.1, -0.05) is 5.57 Å². The lowest BCUT2D eigenvalue weighted by Gasteiger charge is -2.26. The van der Waals surface area contributed by atoms with Crippen LogP contribution in [0.4, 0.5) is 37.0 Å². The zero-order valence-electron chi connectivity index (χ0n) is 20.1. The summed E-state index contributed by atoms with van der Waals surface area (Å²) in [5.41, 5.74) is -3.85. The molecule has 2 rings (SSSR count). The lowest BCUT2D eigenvalue weighted by Crippen LogP contribution is -2.37. The van der Waals surface area contributed by atoms with E-state index >= 15 is 0 Å². The van der Waals surface area contributed by atoms with Gasteiger partial charge in [0.2, 0.25) is 5.88 Å². The van der Waals surface area contributed by atoms with Gasteiger partial charge in [-0.3, -0.25) is 4.79 Å². The van der Waals surface area contributed by atoms with Crippen LogP contribution < -0.4 is 4.90 Å². The van der Waals surface area contributed by atoms with Gasteiger partial charge in [-0.2, -0.15) is 26.3 Å². The first-order valence-electron chi connectivity index (χ1n) is 10.6. The normalized spacial score (nSPS) is 12.9. The maximum Gasteiger partial charge on any atom is 0.417 e. The monoisotopic (exact) mass is 521 g/mol. The minimum atomic E-state index is -5.03. The summed E-state index contributed by atoms with van der Waals surface area (Å²) in [5.74, 6) is -1.01. The molecular formula is C24H25F6NO5. The number of benzene rings is 1. The molecular weight excluding hydrogens is 496 g/mol. The molecule has 1 heterocycles. The Balaban J connectivity index is 2.49. The van der Waals surface area contributed by atoms with Gasteiger partial charge in [-0.15, -0.1) is 0 Å². The molecule has 6 nitrogen and oxygen atoms in total. The Morgan fingerprint density at radius 1 is 0.944 bits per heavy atom. The average Bonchev–Trinajstić information content (AvgIpc) is 3.18. The molecule has 0 fully saturated rings. The summed E-state index contributed by atoms with van der Waals surface area (Å²) in [5, 5.41) is 0. The fourth-order valence-electron chi connectivity index (χ4n) is 2.89. The van der Waals surface area contributed by atoms with E-state index in [0.29, 0.717) is 17.7 Å². The highest BCUT2D eigenvalue weighted by Gasteiger charge is 2.37. The van der Waals surface area contributed by atoms with Crippen molar-refractivity contribution in [2.45, 2.75) is 52.6 Å². The highest BCUT2D eigenvalue weighted by Crippen LogP contribution is 2.39. The number of hydrogen-bond acceptors (Lipinski definition) is 5. The Labute approximate surface area is 203 Å². The average molecular weight is 521 g/mol. The molecule has 198 valence electrons. The highest BCUT2D eigenvalue weighted by atomic mass is 19.4. The quantitative estimate of drug-likeness (QED) is 0.228. The molecule has 0 radical (unpaired) electrons. The molecule has 0 spiro atoms. The van der Waals surface area contributed by atoms with Crippen LogP contribution in [0.15, 0.2) is 46.4 Å². The topological polar surface area (TPSA) is 69.0 Å². The fraction of sp³-hybridized carbons (Fsp3) is 0.417. The maximum atomic E-state index is 13.2. The first-order chi connectivity index (χ1) is 16.4. The smallest absolute Gasteiger partial charge is 0.417 e. The summed E-state index contributed by atoms with van der Waals surface area (Å²) in [6.45, 7) is 7.48. The van der Waals surface area contributed by atoms with Crippen LogP contribution in [0.25, 0.3) is 11.3 Å². The van der Waals surface area contributed by atoms with Crippen LogP contribution in [-0.2, 0) is 26.6 Å². The van der Waals surface area contributed by atoms with Crippen molar-refractivity contribution in [3.05, 3.63) is 53.1 Å². The number of ether oxygens (including phenoxy) is 2. The molecule has 0 unspecified atom stereocenters. The number of carbonyl (C=O) groups excluding carboxylic acids is 2. The van der Waals surface area contributed by atoms with E-state index in [1.54, 1.807) is 27.7 Å². The molecule has 0 atom stereocenters. The maximum absolute atomic E-state index is 13.2. The summed E-state index contributed by atoms with van der Waals surface area (Å²) in [7, 11) is 0. The lowest BCUT2D eigenvalue weighted by atomic mass is 10.0. The van der Waals surface area contributed by atoms with E-state index in [1.807, 2.05) is 0 Å². The van der Waals surface area contributed by atoms with Crippen molar-refractivity contribution in [1.82, 2.24) is 0 Å². The Kier molecular flexibility index (Phi) is 8.53. The molecule has 0 aliphatic rings. The van der Waals surface area contributed by atoms with Gasteiger partial charge in [0.1, 0.15) is 18.0 Å². The second-order valence-corrected chi connectivity index (χ2v) is 8.85. The Bertz CT molecular complexity index is 1090. The zero-order chi connectivity index (χ0) is 27.5. The van der Waals surface area contributed by atoms with Gasteiger partial charge in [0, 0.05) is 18.6 Å². The Morgan fingerprint density at radius 2 is 1.50 bits per heavy atom. The largest absolute Gasteiger partial charge is 0.462 e. The molecule has 36 heavy (non-hydrogen) atoms. The second-order valence-electron chi connectivity index (χ2n) is 8.85. The van der Waals surface area contributed by atoms with Gasteiger partial charge in [-0.05, 0) is 58.0 Å². The molecule has 0 bridgehead atoms. The molecule has 1 aromatic carbocycles. The van der Waals surface area contributed by atoms with Crippen LogP contribution in [0, 0.1) is 0 Å². The van der Waals surface area contributed by atoms with E-state index in [9.17, 15) is 35.9 Å². The molecule has 0 N–H and O–H groups in total. The predicted molar refractivity (Wildman–Crippen MR) is 118 cm³/mol. The first-order valence-corrected chi connectivity index (χ1v) is 10.6. The lowest BCUT2D eigenvalue weighted by molar-refractivity contribution is -0.143. The second kappa shape index (κ2) is 10.7. The van der Waals surface area contributed by atoms with Crippen molar-refractivity contribution in [3.63, 3.8) is 0 Å². The summed E-state index contributed by atoms with van der Waals surface area (Å²) in [4.78, 5) is 24.8. The molecule has 2 aromatic rings. The minimum Gasteiger partial charge on any atom is -0.462 e. The van der Waals surface area contributed by atoms with Crippen LogP contribution in [0.1, 0.15) is 45.7 Å². The molecule has 0 saturated carbocycles. The summed E-state index contributed by atoms with van der Waals surface area (Å²) >= 11 is 0. The summed E-state index contributed by atoms with van der Waals surface area (Å²) < 4.78 is 95.1. The van der Waals surface area contributed by atoms with Gasteiger partial charge in [0.25, 0.3) is 0 Å². The first kappa shape index (κ1) is 28.8. The molecule has 0 aliphatic carbocycles. The van der Waals surface area contributed by atoms with Gasteiger partial charge in [0.15, 0.2) is 0 Å². The van der Waals surface area contributed by atoms with E-state index in [-0.39, 0.29) is 30.9 Å². The molecule has 1 aromatic heterocycles. The number of rotatable bonds is 6. The predicted octanol–water partition coefficient (Wildman–Crippen LogP) is 7.24. The number of furan rings is 1. The van der Waals surface area contributed by atoms with Crippen molar-refractivity contribution >= 4 is 17.9 Å². The standard InChI is InChI=1S/C24H25F6NO5/c1-14(8-9-34-15(2)32)13-31(21(33)36-22(3,4)5)20-7-6-19(35-20)16-10-17(23(25,26)27)12-18(11-16)24(28,29)30/h6-8,10-12H,9,13H2,1-5H3/b14-8+. The van der Waals surface area contributed by atoms with Crippen LogP contribution in [0.5, 0.6) is 0 Å². The van der Waals surface area contributed by atoms with Gasteiger partial charge in [0.05, 0.1) is 17.7 Å². The molecule has 1 amide bonds. The van der Waals surface area contributed by atoms with E-state index in [0.717, 1.165) is 11.0 Å². The van der Waals surface area contributed by atoms with E-state index < -0.39 is 46.7 Å². The fourth-order valence-corrected chi connectivity index (χ4v) is 2.89. The summed E-state index contributed by atoms with van der Waals surface area (Å²) in [6.07, 6.45) is -9.41. The number of nitrogens with zero attached hydrogens (tertiary/aromatic N) is 1. The van der Waals surface area contributed by atoms with Crippen molar-refractivity contribution in [3.8, 4) is 11.3 Å². The van der Waals surface area contributed by atoms with Crippen LogP contribution in [-0.4, -0.2) is 30.8 Å². The number of esters is 1. The Hall–Kier alpha value is -3.44. The number of hydrogen-bond donors (Lipinski definition) is 0. The number of anilines is 1. The van der Waals surface area contributed by atoms with Crippen LogP contribution >= 0.6 is 0 Å². The van der Waals surface area contributed by atoms with E-state index in [2.05, 4.69) is 0 Å². The number of amides is 1. The Morgan fingerprint density at radius 3 is 1.97 bits per heavy atom. The molecule has 0 saturated heterocycles. The SMILES string of the molecule is CC(=O)OC/C=C(\C)CN(C(=O)OC(C)(C)C)c1ccc(-c2cc(C(F)(F)F)cc(C(F)(F)F)c2)o1. The van der Waals surface area contributed by atoms with E-state index in [4.69, 9.17) is 13.9 Å². The minimum absolute atomic E-state index is 0.0115. The van der Waals surface area contributed by atoms with Gasteiger partial charge < -0.3 is 13.9 Å².